The Hall–Kier alpha value is -1.31. The molecule has 2 rings (SSSR count). The van der Waals surface area contributed by atoms with Gasteiger partial charge < -0.3 is 5.73 Å². The van der Waals surface area contributed by atoms with Gasteiger partial charge in [-0.2, -0.15) is 0 Å². The van der Waals surface area contributed by atoms with Crippen LogP contribution in [0.5, 0.6) is 0 Å². The fraction of sp³-hybridized carbons (Fsp3) is 0.294. The number of aryl methyl sites for hydroxylation is 3. The molecule has 2 aromatic carbocycles. The van der Waals surface area contributed by atoms with Gasteiger partial charge in [0, 0.05) is 11.1 Å². The summed E-state index contributed by atoms with van der Waals surface area (Å²) in [6.45, 7) is 6.26. The zero-order valence-corrected chi connectivity index (χ0v) is 12.5. The number of benzene rings is 2. The van der Waals surface area contributed by atoms with Gasteiger partial charge in [0.1, 0.15) is 0 Å². The molecule has 2 N–H and O–H groups in total. The summed E-state index contributed by atoms with van der Waals surface area (Å²) >= 11 is 6.28. The van der Waals surface area contributed by atoms with E-state index in [9.17, 15) is 0 Å². The highest BCUT2D eigenvalue weighted by atomic mass is 35.5. The predicted molar refractivity (Wildman–Crippen MR) is 82.7 cm³/mol. The number of rotatable bonds is 3. The fourth-order valence-corrected chi connectivity index (χ4v) is 2.68. The maximum atomic E-state index is 6.31. The molecule has 2 heteroatoms. The van der Waals surface area contributed by atoms with Crippen molar-refractivity contribution in [1.82, 2.24) is 0 Å². The number of hydrogen-bond donors (Lipinski definition) is 1. The van der Waals surface area contributed by atoms with E-state index in [2.05, 4.69) is 38.1 Å². The van der Waals surface area contributed by atoms with Crippen molar-refractivity contribution in [3.05, 3.63) is 69.2 Å². The molecule has 0 saturated carbocycles. The van der Waals surface area contributed by atoms with Gasteiger partial charge in [-0.15, -0.1) is 0 Å². The van der Waals surface area contributed by atoms with Crippen LogP contribution >= 0.6 is 11.6 Å². The normalized spacial score (nSPS) is 12.5. The Morgan fingerprint density at radius 2 is 1.63 bits per heavy atom. The maximum Gasteiger partial charge on any atom is 0.0456 e. The van der Waals surface area contributed by atoms with E-state index in [1.165, 1.54) is 16.7 Å². The lowest BCUT2D eigenvalue weighted by molar-refractivity contribution is 0.718. The smallest absolute Gasteiger partial charge is 0.0456 e. The number of nitrogens with two attached hydrogens (primary N) is 1. The molecule has 0 amide bonds. The third kappa shape index (κ3) is 3.37. The minimum atomic E-state index is -0.0615. The second-order valence-corrected chi connectivity index (χ2v) is 5.67. The molecule has 0 radical (unpaired) electrons. The molecule has 0 fully saturated rings. The monoisotopic (exact) mass is 273 g/mol. The Morgan fingerprint density at radius 3 is 2.32 bits per heavy atom. The van der Waals surface area contributed by atoms with Gasteiger partial charge in [0.2, 0.25) is 0 Å². The van der Waals surface area contributed by atoms with Gasteiger partial charge in [0.25, 0.3) is 0 Å². The van der Waals surface area contributed by atoms with Gasteiger partial charge in [-0.1, -0.05) is 47.5 Å². The molecule has 0 aliphatic carbocycles. The van der Waals surface area contributed by atoms with Crippen molar-refractivity contribution in [2.24, 2.45) is 5.73 Å². The van der Waals surface area contributed by atoms with Crippen LogP contribution in [0, 0.1) is 20.8 Å². The zero-order chi connectivity index (χ0) is 14.0. The van der Waals surface area contributed by atoms with Crippen LogP contribution in [0.2, 0.25) is 5.02 Å². The molecule has 100 valence electrons. The van der Waals surface area contributed by atoms with Gasteiger partial charge in [-0.05, 0) is 55.5 Å². The summed E-state index contributed by atoms with van der Waals surface area (Å²) < 4.78 is 0. The lowest BCUT2D eigenvalue weighted by atomic mass is 9.95. The van der Waals surface area contributed by atoms with Crippen LogP contribution in [0.1, 0.15) is 33.9 Å². The third-order valence-corrected chi connectivity index (χ3v) is 3.83. The Kier molecular flexibility index (Phi) is 4.28. The second kappa shape index (κ2) is 5.77. The van der Waals surface area contributed by atoms with Crippen molar-refractivity contribution in [3.63, 3.8) is 0 Å². The van der Waals surface area contributed by atoms with E-state index in [1.807, 2.05) is 19.1 Å². The van der Waals surface area contributed by atoms with Crippen LogP contribution in [0.4, 0.5) is 0 Å². The van der Waals surface area contributed by atoms with E-state index in [0.717, 1.165) is 22.6 Å². The minimum Gasteiger partial charge on any atom is -0.324 e. The molecule has 0 aliphatic rings. The largest absolute Gasteiger partial charge is 0.324 e. The summed E-state index contributed by atoms with van der Waals surface area (Å²) in [5.74, 6) is 0. The van der Waals surface area contributed by atoms with Crippen molar-refractivity contribution < 1.29 is 0 Å². The van der Waals surface area contributed by atoms with Gasteiger partial charge in [-0.3, -0.25) is 0 Å². The topological polar surface area (TPSA) is 26.0 Å². The molecular formula is C17H20ClN. The third-order valence-electron chi connectivity index (χ3n) is 3.50. The van der Waals surface area contributed by atoms with Crippen LogP contribution in [-0.4, -0.2) is 0 Å². The van der Waals surface area contributed by atoms with E-state index in [4.69, 9.17) is 17.3 Å². The Balaban J connectivity index is 2.25. The fourth-order valence-electron chi connectivity index (χ4n) is 2.30. The highest BCUT2D eigenvalue weighted by molar-refractivity contribution is 6.31. The lowest BCUT2D eigenvalue weighted by Gasteiger charge is -2.16. The molecule has 1 unspecified atom stereocenters. The van der Waals surface area contributed by atoms with Crippen LogP contribution in [0.3, 0.4) is 0 Å². The first-order valence-electron chi connectivity index (χ1n) is 6.55. The SMILES string of the molecule is Cc1ccc(C(N)Cc2cc(C)ccc2C)c(Cl)c1. The first-order valence-corrected chi connectivity index (χ1v) is 6.93. The molecule has 0 aromatic heterocycles. The van der Waals surface area contributed by atoms with Crippen molar-refractivity contribution in [2.75, 3.05) is 0 Å². The second-order valence-electron chi connectivity index (χ2n) is 5.27. The molecule has 0 bridgehead atoms. The van der Waals surface area contributed by atoms with Crippen molar-refractivity contribution >= 4 is 11.6 Å². The minimum absolute atomic E-state index is 0.0615. The molecule has 2 aromatic rings. The first kappa shape index (κ1) is 14.1. The van der Waals surface area contributed by atoms with Crippen LogP contribution in [0.15, 0.2) is 36.4 Å². The van der Waals surface area contributed by atoms with E-state index in [1.54, 1.807) is 0 Å². The number of halogens is 1. The van der Waals surface area contributed by atoms with Gasteiger partial charge >= 0.3 is 0 Å². The predicted octanol–water partition coefficient (Wildman–Crippen LogP) is 4.51. The molecule has 19 heavy (non-hydrogen) atoms. The van der Waals surface area contributed by atoms with E-state index < -0.39 is 0 Å². The van der Waals surface area contributed by atoms with Crippen LogP contribution in [0.25, 0.3) is 0 Å². The highest BCUT2D eigenvalue weighted by Gasteiger charge is 2.12. The summed E-state index contributed by atoms with van der Waals surface area (Å²) in [7, 11) is 0. The molecule has 1 atom stereocenters. The molecule has 0 aliphatic heterocycles. The lowest BCUT2D eigenvalue weighted by Crippen LogP contribution is -2.14. The standard InChI is InChI=1S/C17H20ClN/c1-11-4-6-13(3)14(8-11)10-17(19)15-7-5-12(2)9-16(15)18/h4-9,17H,10,19H2,1-3H3. The molecule has 1 nitrogen and oxygen atoms in total. The Morgan fingerprint density at radius 1 is 1.00 bits per heavy atom. The summed E-state index contributed by atoms with van der Waals surface area (Å²) in [6, 6.07) is 12.5. The molecule has 0 heterocycles. The van der Waals surface area contributed by atoms with Crippen LogP contribution in [-0.2, 0) is 6.42 Å². The van der Waals surface area contributed by atoms with Crippen LogP contribution < -0.4 is 5.73 Å². The van der Waals surface area contributed by atoms with Gasteiger partial charge in [0.15, 0.2) is 0 Å². The van der Waals surface area contributed by atoms with E-state index in [-0.39, 0.29) is 6.04 Å². The summed E-state index contributed by atoms with van der Waals surface area (Å²) in [4.78, 5) is 0. The van der Waals surface area contributed by atoms with Crippen molar-refractivity contribution in [1.29, 1.82) is 0 Å². The maximum absolute atomic E-state index is 6.31. The Labute approximate surface area is 120 Å². The van der Waals surface area contributed by atoms with E-state index in [0.29, 0.717) is 0 Å². The van der Waals surface area contributed by atoms with E-state index >= 15 is 0 Å². The molecule has 0 spiro atoms. The zero-order valence-electron chi connectivity index (χ0n) is 11.7. The average molecular weight is 274 g/mol. The number of hydrogen-bond acceptors (Lipinski definition) is 1. The summed E-state index contributed by atoms with van der Waals surface area (Å²) in [5, 5.41) is 0.762. The quantitative estimate of drug-likeness (QED) is 0.875. The summed E-state index contributed by atoms with van der Waals surface area (Å²) in [5.41, 5.74) is 12.3. The highest BCUT2D eigenvalue weighted by Crippen LogP contribution is 2.26. The van der Waals surface area contributed by atoms with Gasteiger partial charge in [-0.25, -0.2) is 0 Å². The first-order chi connectivity index (χ1) is 8.97. The Bertz CT molecular complexity index is 590. The summed E-state index contributed by atoms with van der Waals surface area (Å²) in [6.07, 6.45) is 0.816. The van der Waals surface area contributed by atoms with Crippen molar-refractivity contribution in [2.45, 2.75) is 33.2 Å². The molecular weight excluding hydrogens is 254 g/mol. The average Bonchev–Trinajstić information content (AvgIpc) is 2.33. The molecule has 0 saturated heterocycles. The van der Waals surface area contributed by atoms with Crippen molar-refractivity contribution in [3.8, 4) is 0 Å². The van der Waals surface area contributed by atoms with Gasteiger partial charge in [0.05, 0.1) is 0 Å².